The second kappa shape index (κ2) is 3.15. The van der Waals surface area contributed by atoms with Crippen LogP contribution in [0.25, 0.3) is 0 Å². The van der Waals surface area contributed by atoms with E-state index in [4.69, 9.17) is 0 Å². The maximum Gasteiger partial charge on any atom is 0.255 e. The largest absolute Gasteiger partial charge is 0.337 e. The zero-order chi connectivity index (χ0) is 8.43. The third-order valence-corrected chi connectivity index (χ3v) is 1.77. The van der Waals surface area contributed by atoms with Crippen LogP contribution < -0.4 is 0 Å². The van der Waals surface area contributed by atoms with Crippen LogP contribution in [0.1, 0.15) is 13.3 Å². The second-order valence-electron chi connectivity index (χ2n) is 3.00. The Morgan fingerprint density at radius 2 is 2.36 bits per heavy atom. The predicted molar refractivity (Wildman–Crippen MR) is 36.4 cm³/mol. The van der Waals surface area contributed by atoms with Gasteiger partial charge in [-0.2, -0.15) is 0 Å². The first-order chi connectivity index (χ1) is 5.09. The fourth-order valence-electron chi connectivity index (χ4n) is 1.31. The van der Waals surface area contributed by atoms with Gasteiger partial charge in [0.1, 0.15) is 0 Å². The summed E-state index contributed by atoms with van der Waals surface area (Å²) in [5.74, 6) is 0.0963. The van der Waals surface area contributed by atoms with Crippen molar-refractivity contribution in [2.24, 2.45) is 5.92 Å². The van der Waals surface area contributed by atoms with E-state index in [1.165, 1.54) is 4.90 Å². The van der Waals surface area contributed by atoms with Crippen LogP contribution in [0.2, 0.25) is 0 Å². The van der Waals surface area contributed by atoms with Gasteiger partial charge in [0.15, 0.2) is 0 Å². The van der Waals surface area contributed by atoms with E-state index in [0.29, 0.717) is 13.0 Å². The van der Waals surface area contributed by atoms with Crippen LogP contribution in [0.15, 0.2) is 0 Å². The molecule has 0 aromatic rings. The molecule has 0 saturated carbocycles. The van der Waals surface area contributed by atoms with Crippen molar-refractivity contribution < 1.29 is 13.6 Å². The molecule has 0 aliphatic carbocycles. The minimum atomic E-state index is -2.40. The normalized spacial score (nSPS) is 25.3. The van der Waals surface area contributed by atoms with Gasteiger partial charge in [-0.3, -0.25) is 4.79 Å². The zero-order valence-corrected chi connectivity index (χ0v) is 6.39. The number of nitrogens with zero attached hydrogens (tertiary/aromatic N) is 1. The molecule has 11 heavy (non-hydrogen) atoms. The van der Waals surface area contributed by atoms with Gasteiger partial charge in [0.25, 0.3) is 6.43 Å². The summed E-state index contributed by atoms with van der Waals surface area (Å²) < 4.78 is 23.6. The molecular formula is C7H11F2NO. The average molecular weight is 163 g/mol. The van der Waals surface area contributed by atoms with Gasteiger partial charge < -0.3 is 4.90 Å². The summed E-state index contributed by atoms with van der Waals surface area (Å²) in [7, 11) is 0. The van der Waals surface area contributed by atoms with Gasteiger partial charge in [-0.05, 0) is 5.92 Å². The average Bonchev–Trinajstić information content (AvgIpc) is 2.09. The van der Waals surface area contributed by atoms with Crippen molar-refractivity contribution in [3.05, 3.63) is 0 Å². The first-order valence-electron chi connectivity index (χ1n) is 3.65. The number of amides is 1. The minimum Gasteiger partial charge on any atom is -0.337 e. The molecule has 1 amide bonds. The number of hydrogen-bond acceptors (Lipinski definition) is 1. The summed E-state index contributed by atoms with van der Waals surface area (Å²) in [6, 6.07) is 0. The number of carbonyl (C=O) groups excluding carboxylic acids is 1. The Bertz CT molecular complexity index is 161. The highest BCUT2D eigenvalue weighted by Gasteiger charge is 2.27. The van der Waals surface area contributed by atoms with Crippen LogP contribution in [-0.2, 0) is 4.79 Å². The van der Waals surface area contributed by atoms with Crippen LogP contribution in [0, 0.1) is 5.92 Å². The van der Waals surface area contributed by atoms with E-state index in [0.717, 1.165) is 0 Å². The summed E-state index contributed by atoms with van der Waals surface area (Å²) in [6.45, 7) is 1.98. The predicted octanol–water partition coefficient (Wildman–Crippen LogP) is 1.12. The Balaban J connectivity index is 2.41. The number of rotatable bonds is 2. The molecule has 0 radical (unpaired) electrons. The van der Waals surface area contributed by atoms with Gasteiger partial charge in [0.05, 0.1) is 6.54 Å². The summed E-state index contributed by atoms with van der Waals surface area (Å²) in [6.07, 6.45) is -1.98. The van der Waals surface area contributed by atoms with Crippen LogP contribution in [0.4, 0.5) is 8.78 Å². The maximum atomic E-state index is 11.8. The van der Waals surface area contributed by atoms with Gasteiger partial charge in [0, 0.05) is 13.0 Å². The molecule has 1 heterocycles. The third kappa shape index (κ3) is 2.13. The number of alkyl halides is 2. The molecule has 1 unspecified atom stereocenters. The monoisotopic (exact) mass is 163 g/mol. The minimum absolute atomic E-state index is 0.141. The topological polar surface area (TPSA) is 20.3 Å². The summed E-state index contributed by atoms with van der Waals surface area (Å²) in [5.41, 5.74) is 0. The van der Waals surface area contributed by atoms with E-state index in [1.54, 1.807) is 0 Å². The molecule has 64 valence electrons. The molecule has 1 aliphatic heterocycles. The molecule has 1 saturated heterocycles. The highest BCUT2D eigenvalue weighted by Crippen LogP contribution is 2.17. The highest BCUT2D eigenvalue weighted by molar-refractivity contribution is 5.78. The standard InChI is InChI=1S/C7H11F2NO/c1-5-2-7(11)10(3-5)4-6(8)9/h5-6H,2-4H2,1H3. The highest BCUT2D eigenvalue weighted by atomic mass is 19.3. The number of halogens is 2. The Morgan fingerprint density at radius 3 is 2.73 bits per heavy atom. The van der Waals surface area contributed by atoms with Crippen molar-refractivity contribution in [3.63, 3.8) is 0 Å². The molecule has 1 fully saturated rings. The Hall–Kier alpha value is -0.670. The molecule has 0 N–H and O–H groups in total. The quantitative estimate of drug-likeness (QED) is 0.597. The van der Waals surface area contributed by atoms with Crippen LogP contribution in [0.5, 0.6) is 0 Å². The Morgan fingerprint density at radius 1 is 1.73 bits per heavy atom. The molecular weight excluding hydrogens is 152 g/mol. The third-order valence-electron chi connectivity index (χ3n) is 1.77. The number of likely N-dealkylation sites (tertiary alicyclic amines) is 1. The van der Waals surface area contributed by atoms with E-state index < -0.39 is 13.0 Å². The summed E-state index contributed by atoms with van der Waals surface area (Å²) in [5, 5.41) is 0. The van der Waals surface area contributed by atoms with Crippen molar-refractivity contribution in [2.75, 3.05) is 13.1 Å². The van der Waals surface area contributed by atoms with Gasteiger partial charge in [-0.25, -0.2) is 8.78 Å². The molecule has 1 atom stereocenters. The molecule has 0 bridgehead atoms. The van der Waals surface area contributed by atoms with Crippen LogP contribution in [-0.4, -0.2) is 30.3 Å². The van der Waals surface area contributed by atoms with Crippen molar-refractivity contribution in [1.82, 2.24) is 4.90 Å². The summed E-state index contributed by atoms with van der Waals surface area (Å²) in [4.78, 5) is 12.1. The lowest BCUT2D eigenvalue weighted by Crippen LogP contribution is -2.30. The van der Waals surface area contributed by atoms with Crippen molar-refractivity contribution in [3.8, 4) is 0 Å². The zero-order valence-electron chi connectivity index (χ0n) is 6.39. The first-order valence-corrected chi connectivity index (χ1v) is 3.65. The van der Waals surface area contributed by atoms with Crippen molar-refractivity contribution in [1.29, 1.82) is 0 Å². The number of hydrogen-bond donors (Lipinski definition) is 0. The molecule has 0 spiro atoms. The Kier molecular flexibility index (Phi) is 2.42. The van der Waals surface area contributed by atoms with E-state index in [-0.39, 0.29) is 11.8 Å². The van der Waals surface area contributed by atoms with Crippen LogP contribution in [0.3, 0.4) is 0 Å². The van der Waals surface area contributed by atoms with Crippen molar-refractivity contribution >= 4 is 5.91 Å². The first kappa shape index (κ1) is 8.43. The second-order valence-corrected chi connectivity index (χ2v) is 3.00. The van der Waals surface area contributed by atoms with E-state index in [2.05, 4.69) is 0 Å². The lowest BCUT2D eigenvalue weighted by molar-refractivity contribution is -0.129. The lowest BCUT2D eigenvalue weighted by atomic mass is 10.2. The molecule has 2 nitrogen and oxygen atoms in total. The number of carbonyl (C=O) groups is 1. The lowest BCUT2D eigenvalue weighted by Gasteiger charge is -2.14. The van der Waals surface area contributed by atoms with Gasteiger partial charge in [-0.15, -0.1) is 0 Å². The smallest absolute Gasteiger partial charge is 0.255 e. The molecule has 1 aliphatic rings. The van der Waals surface area contributed by atoms with Gasteiger partial charge >= 0.3 is 0 Å². The Labute approximate surface area is 64.2 Å². The van der Waals surface area contributed by atoms with Gasteiger partial charge in [0.2, 0.25) is 5.91 Å². The molecule has 0 aromatic heterocycles. The molecule has 0 aromatic carbocycles. The van der Waals surface area contributed by atoms with E-state index in [1.807, 2.05) is 6.92 Å². The van der Waals surface area contributed by atoms with E-state index in [9.17, 15) is 13.6 Å². The van der Waals surface area contributed by atoms with E-state index >= 15 is 0 Å². The molecule has 4 heteroatoms. The van der Waals surface area contributed by atoms with Crippen LogP contribution >= 0.6 is 0 Å². The van der Waals surface area contributed by atoms with Gasteiger partial charge in [-0.1, -0.05) is 6.92 Å². The SMILES string of the molecule is CC1CC(=O)N(CC(F)F)C1. The fraction of sp³-hybridized carbons (Fsp3) is 0.857. The maximum absolute atomic E-state index is 11.8. The summed E-state index contributed by atoms with van der Waals surface area (Å²) >= 11 is 0. The fourth-order valence-corrected chi connectivity index (χ4v) is 1.31. The molecule has 1 rings (SSSR count). The van der Waals surface area contributed by atoms with Crippen molar-refractivity contribution in [2.45, 2.75) is 19.8 Å².